The van der Waals surface area contributed by atoms with Crippen LogP contribution in [0.4, 0.5) is 0 Å². The van der Waals surface area contributed by atoms with Crippen LogP contribution in [-0.2, 0) is 12.8 Å². The molecule has 0 fully saturated rings. The number of aromatic nitrogens is 5. The molecule has 0 saturated heterocycles. The summed E-state index contributed by atoms with van der Waals surface area (Å²) in [6.07, 6.45) is 1.64. The Morgan fingerprint density at radius 1 is 1.10 bits per heavy atom. The number of hydrogen-bond acceptors (Lipinski definition) is 9. The Balaban J connectivity index is 1.48. The van der Waals surface area contributed by atoms with E-state index in [0.717, 1.165) is 27.9 Å². The van der Waals surface area contributed by atoms with Crippen LogP contribution in [0, 0.1) is 6.92 Å². The van der Waals surface area contributed by atoms with Gasteiger partial charge in [-0.3, -0.25) is 0 Å². The van der Waals surface area contributed by atoms with E-state index in [0.29, 0.717) is 29.0 Å². The third-order valence-corrected chi connectivity index (χ3v) is 5.37. The number of ether oxygens (including phenoxy) is 2. The molecule has 0 N–H and O–H groups in total. The van der Waals surface area contributed by atoms with E-state index in [9.17, 15) is 0 Å². The van der Waals surface area contributed by atoms with Crippen molar-refractivity contribution in [2.75, 3.05) is 14.2 Å². The summed E-state index contributed by atoms with van der Waals surface area (Å²) in [7, 11) is 5.08. The van der Waals surface area contributed by atoms with Gasteiger partial charge < -0.3 is 23.0 Å². The van der Waals surface area contributed by atoms with Gasteiger partial charge in [-0.1, -0.05) is 16.9 Å². The van der Waals surface area contributed by atoms with Crippen molar-refractivity contribution in [2.24, 2.45) is 7.05 Å². The van der Waals surface area contributed by atoms with Crippen LogP contribution in [0.2, 0.25) is 0 Å². The lowest BCUT2D eigenvalue weighted by Crippen LogP contribution is -1.95. The first-order valence-corrected chi connectivity index (χ1v) is 9.71. The van der Waals surface area contributed by atoms with Crippen molar-refractivity contribution in [1.29, 1.82) is 0 Å². The zero-order valence-electron chi connectivity index (χ0n) is 16.4. The number of rotatable bonds is 7. The smallest absolute Gasteiger partial charge is 0.237 e. The number of nitrogens with zero attached hydrogens (tertiary/aromatic N) is 5. The average Bonchev–Trinajstić information content (AvgIpc) is 3.46. The molecule has 0 saturated carbocycles. The lowest BCUT2D eigenvalue weighted by molar-refractivity contribution is 0.355. The highest BCUT2D eigenvalue weighted by Gasteiger charge is 2.17. The molecule has 0 bridgehead atoms. The number of furan rings is 1. The third kappa shape index (κ3) is 3.70. The molecular weight excluding hydrogens is 394 g/mol. The number of hydrogen-bond donors (Lipinski definition) is 0. The maximum absolute atomic E-state index is 5.38. The van der Waals surface area contributed by atoms with Gasteiger partial charge in [0.05, 0.1) is 31.8 Å². The van der Waals surface area contributed by atoms with Crippen molar-refractivity contribution in [3.05, 3.63) is 42.2 Å². The van der Waals surface area contributed by atoms with Crippen molar-refractivity contribution in [3.8, 4) is 34.3 Å². The molecule has 3 aromatic heterocycles. The Morgan fingerprint density at radius 2 is 1.93 bits per heavy atom. The highest BCUT2D eigenvalue weighted by molar-refractivity contribution is 7.98. The summed E-state index contributed by atoms with van der Waals surface area (Å²) in [4.78, 5) is 4.46. The van der Waals surface area contributed by atoms with Crippen LogP contribution in [0.25, 0.3) is 22.8 Å². The fourth-order valence-electron chi connectivity index (χ4n) is 2.82. The average molecular weight is 413 g/mol. The Bertz CT molecular complexity index is 1130. The maximum atomic E-state index is 5.38. The van der Waals surface area contributed by atoms with Crippen molar-refractivity contribution in [3.63, 3.8) is 0 Å². The molecular formula is C19H19N5O4S. The molecule has 0 unspecified atom stereocenters. The van der Waals surface area contributed by atoms with E-state index < -0.39 is 0 Å². The van der Waals surface area contributed by atoms with Crippen LogP contribution >= 0.6 is 11.8 Å². The van der Waals surface area contributed by atoms with E-state index >= 15 is 0 Å². The van der Waals surface area contributed by atoms with Crippen LogP contribution < -0.4 is 9.47 Å². The lowest BCUT2D eigenvalue weighted by Gasteiger charge is -2.07. The second kappa shape index (κ2) is 8.00. The summed E-state index contributed by atoms with van der Waals surface area (Å²) in [6.45, 7) is 1.89. The minimum Gasteiger partial charge on any atom is -0.493 e. The van der Waals surface area contributed by atoms with Crippen LogP contribution in [0.1, 0.15) is 11.7 Å². The maximum Gasteiger partial charge on any atom is 0.237 e. The van der Waals surface area contributed by atoms with Gasteiger partial charge in [0.2, 0.25) is 11.7 Å². The fourth-order valence-corrected chi connectivity index (χ4v) is 3.57. The van der Waals surface area contributed by atoms with E-state index in [4.69, 9.17) is 18.4 Å². The van der Waals surface area contributed by atoms with E-state index in [1.807, 2.05) is 36.7 Å². The van der Waals surface area contributed by atoms with Crippen LogP contribution in [0.3, 0.4) is 0 Å². The third-order valence-electron chi connectivity index (χ3n) is 4.37. The molecule has 0 atom stereocenters. The van der Waals surface area contributed by atoms with Gasteiger partial charge in [-0.25, -0.2) is 0 Å². The normalized spacial score (nSPS) is 11.0. The Morgan fingerprint density at radius 3 is 2.66 bits per heavy atom. The Hall–Kier alpha value is -3.27. The van der Waals surface area contributed by atoms with Gasteiger partial charge >= 0.3 is 0 Å². The van der Waals surface area contributed by atoms with Gasteiger partial charge in [0.1, 0.15) is 5.76 Å². The number of aryl methyl sites for hydroxylation is 1. The summed E-state index contributed by atoms with van der Waals surface area (Å²) < 4.78 is 23.2. The Labute approximate surface area is 171 Å². The molecule has 0 radical (unpaired) electrons. The monoisotopic (exact) mass is 413 g/mol. The van der Waals surface area contributed by atoms with Crippen LogP contribution in [0.15, 0.2) is 44.6 Å². The summed E-state index contributed by atoms with van der Waals surface area (Å²) >= 11 is 1.46. The molecule has 4 rings (SSSR count). The zero-order chi connectivity index (χ0) is 20.4. The van der Waals surface area contributed by atoms with Crippen molar-refractivity contribution in [1.82, 2.24) is 24.9 Å². The highest BCUT2D eigenvalue weighted by Crippen LogP contribution is 2.32. The van der Waals surface area contributed by atoms with Gasteiger partial charge in [-0.15, -0.1) is 10.2 Å². The molecule has 150 valence electrons. The summed E-state index contributed by atoms with van der Waals surface area (Å²) in [5.41, 5.74) is 1.69. The number of thioether (sulfide) groups is 1. The standard InChI is InChI=1S/C19H19N5O4S/c1-11-13(7-8-27-11)18-21-22-19(24(18)2)29-10-16-20-17(23-28-16)12-5-6-14(25-3)15(9-12)26-4/h5-9H,10H2,1-4H3. The molecule has 0 aliphatic heterocycles. The van der Waals surface area contributed by atoms with Gasteiger partial charge in [0, 0.05) is 12.6 Å². The molecule has 3 heterocycles. The van der Waals surface area contributed by atoms with Crippen molar-refractivity contribution < 1.29 is 18.4 Å². The Kier molecular flexibility index (Phi) is 5.26. The molecule has 29 heavy (non-hydrogen) atoms. The lowest BCUT2D eigenvalue weighted by atomic mass is 10.2. The molecule has 1 aromatic carbocycles. The number of methoxy groups -OCH3 is 2. The van der Waals surface area contributed by atoms with Crippen molar-refractivity contribution >= 4 is 11.8 Å². The first kappa shape index (κ1) is 19.1. The predicted octanol–water partition coefficient (Wildman–Crippen LogP) is 3.74. The van der Waals surface area contributed by atoms with E-state index in [1.165, 1.54) is 11.8 Å². The predicted molar refractivity (Wildman–Crippen MR) is 106 cm³/mol. The van der Waals surface area contributed by atoms with Gasteiger partial charge in [0.15, 0.2) is 22.5 Å². The zero-order valence-corrected chi connectivity index (χ0v) is 17.2. The summed E-state index contributed by atoms with van der Waals surface area (Å²) in [6, 6.07) is 7.34. The molecule has 0 spiro atoms. The quantitative estimate of drug-likeness (QED) is 0.419. The van der Waals surface area contributed by atoms with Gasteiger partial charge in [-0.05, 0) is 31.2 Å². The van der Waals surface area contributed by atoms with E-state index in [-0.39, 0.29) is 0 Å². The summed E-state index contributed by atoms with van der Waals surface area (Å²) in [5, 5.41) is 13.3. The molecule has 0 aliphatic rings. The topological polar surface area (TPSA) is 101 Å². The van der Waals surface area contributed by atoms with Gasteiger partial charge in [-0.2, -0.15) is 4.98 Å². The first-order valence-electron chi connectivity index (χ1n) is 8.72. The fraction of sp³-hybridized carbons (Fsp3) is 0.263. The first-order chi connectivity index (χ1) is 14.1. The molecule has 4 aromatic rings. The molecule has 10 heteroatoms. The largest absolute Gasteiger partial charge is 0.493 e. The molecule has 0 aliphatic carbocycles. The second-order valence-corrected chi connectivity index (χ2v) is 7.07. The SMILES string of the molecule is COc1ccc(-c2noc(CSc3nnc(-c4ccoc4C)n3C)n2)cc1OC. The van der Waals surface area contributed by atoms with E-state index in [1.54, 1.807) is 26.5 Å². The minimum atomic E-state index is 0.469. The molecule has 0 amide bonds. The molecule has 9 nitrogen and oxygen atoms in total. The highest BCUT2D eigenvalue weighted by atomic mass is 32.2. The number of benzene rings is 1. The van der Waals surface area contributed by atoms with Crippen molar-refractivity contribution in [2.45, 2.75) is 17.8 Å². The minimum absolute atomic E-state index is 0.469. The van der Waals surface area contributed by atoms with Crippen LogP contribution in [0.5, 0.6) is 11.5 Å². The van der Waals surface area contributed by atoms with Gasteiger partial charge in [0.25, 0.3) is 0 Å². The second-order valence-electron chi connectivity index (χ2n) is 6.13. The summed E-state index contributed by atoms with van der Waals surface area (Å²) in [5.74, 6) is 4.23. The van der Waals surface area contributed by atoms with Crippen LogP contribution in [-0.4, -0.2) is 39.1 Å². The van der Waals surface area contributed by atoms with E-state index in [2.05, 4.69) is 20.3 Å².